The molecule has 0 fully saturated rings. The van der Waals surface area contributed by atoms with Gasteiger partial charge in [-0.05, 0) is 55.3 Å². The number of esters is 1. The topological polar surface area (TPSA) is 68.2 Å². The van der Waals surface area contributed by atoms with Crippen LogP contribution in [0.25, 0.3) is 6.08 Å². The Labute approximate surface area is 213 Å². The fourth-order valence-electron chi connectivity index (χ4n) is 3.56. The van der Waals surface area contributed by atoms with Gasteiger partial charge in [0.25, 0.3) is 5.91 Å². The molecule has 0 spiro atoms. The fraction of sp³-hybridized carbons (Fsp3) is 0.148. The standard InChI is InChI=1S/C27H19F5N2O4/c1-3-37-27(36)17-8-4-16(5-9-17)13-38-18-10-6-15(7-11-18)12-19-14(2)33-34(26(19)35)25-23(31)21(29)20(28)22(30)24(25)32/h4-12H,3,13H2,1-2H3/b19-12-. The first-order valence-electron chi connectivity index (χ1n) is 11.2. The van der Waals surface area contributed by atoms with E-state index in [1.165, 1.54) is 13.0 Å². The average Bonchev–Trinajstić information content (AvgIpc) is 3.19. The maximum absolute atomic E-state index is 14.2. The van der Waals surface area contributed by atoms with Gasteiger partial charge in [-0.3, -0.25) is 4.79 Å². The monoisotopic (exact) mass is 530 g/mol. The summed E-state index contributed by atoms with van der Waals surface area (Å²) in [7, 11) is 0. The van der Waals surface area contributed by atoms with Gasteiger partial charge in [0.05, 0.1) is 23.5 Å². The molecule has 11 heteroatoms. The van der Waals surface area contributed by atoms with Gasteiger partial charge in [0, 0.05) is 0 Å². The molecule has 4 rings (SSSR count). The molecule has 0 atom stereocenters. The number of nitrogens with zero attached hydrogens (tertiary/aromatic N) is 2. The van der Waals surface area contributed by atoms with Crippen LogP contribution in [-0.4, -0.2) is 24.2 Å². The smallest absolute Gasteiger partial charge is 0.338 e. The Morgan fingerprint density at radius 2 is 1.47 bits per heavy atom. The van der Waals surface area contributed by atoms with Gasteiger partial charge in [-0.25, -0.2) is 26.7 Å². The molecule has 38 heavy (non-hydrogen) atoms. The first-order chi connectivity index (χ1) is 18.1. The lowest BCUT2D eigenvalue weighted by molar-refractivity contribution is -0.114. The number of hydrogen-bond donors (Lipinski definition) is 0. The second-order valence-corrected chi connectivity index (χ2v) is 8.05. The summed E-state index contributed by atoms with van der Waals surface area (Å²) >= 11 is 0. The molecule has 0 bridgehead atoms. The number of halogens is 5. The second-order valence-electron chi connectivity index (χ2n) is 8.05. The summed E-state index contributed by atoms with van der Waals surface area (Å²) in [6.45, 7) is 3.57. The Balaban J connectivity index is 1.46. The zero-order valence-electron chi connectivity index (χ0n) is 20.0. The zero-order valence-corrected chi connectivity index (χ0v) is 20.0. The molecule has 0 saturated heterocycles. The highest BCUT2D eigenvalue weighted by Gasteiger charge is 2.37. The number of anilines is 1. The summed E-state index contributed by atoms with van der Waals surface area (Å²) < 4.78 is 79.7. The van der Waals surface area contributed by atoms with Crippen LogP contribution >= 0.6 is 0 Å². The van der Waals surface area contributed by atoms with Gasteiger partial charge < -0.3 is 9.47 Å². The predicted molar refractivity (Wildman–Crippen MR) is 128 cm³/mol. The molecule has 0 aliphatic carbocycles. The Bertz CT molecular complexity index is 1440. The van der Waals surface area contributed by atoms with Crippen LogP contribution in [-0.2, 0) is 16.1 Å². The molecule has 3 aromatic carbocycles. The van der Waals surface area contributed by atoms with Gasteiger partial charge in [-0.1, -0.05) is 24.3 Å². The zero-order chi connectivity index (χ0) is 27.6. The highest BCUT2D eigenvalue weighted by atomic mass is 19.2. The Morgan fingerprint density at radius 1 is 0.895 bits per heavy atom. The van der Waals surface area contributed by atoms with Crippen LogP contribution in [0, 0.1) is 29.1 Å². The molecule has 0 aromatic heterocycles. The predicted octanol–water partition coefficient (Wildman–Crippen LogP) is 5.94. The van der Waals surface area contributed by atoms with Gasteiger partial charge in [0.15, 0.2) is 23.3 Å². The van der Waals surface area contributed by atoms with E-state index in [0.717, 1.165) is 5.56 Å². The van der Waals surface area contributed by atoms with Crippen LogP contribution < -0.4 is 9.75 Å². The molecule has 1 heterocycles. The first-order valence-corrected chi connectivity index (χ1v) is 11.2. The SMILES string of the molecule is CCOC(=O)c1ccc(COc2ccc(/C=C3\C(=O)N(c4c(F)c(F)c(F)c(F)c4F)N=C3C)cc2)cc1. The van der Waals surface area contributed by atoms with E-state index in [9.17, 15) is 31.5 Å². The van der Waals surface area contributed by atoms with Gasteiger partial charge in [-0.2, -0.15) is 10.1 Å². The number of hydrogen-bond acceptors (Lipinski definition) is 5. The molecular weight excluding hydrogens is 511 g/mol. The summed E-state index contributed by atoms with van der Waals surface area (Å²) in [5, 5.41) is 3.86. The molecule has 1 aliphatic rings. The van der Waals surface area contributed by atoms with Crippen molar-refractivity contribution >= 4 is 29.4 Å². The number of carbonyl (C=O) groups is 2. The molecule has 0 unspecified atom stereocenters. The lowest BCUT2D eigenvalue weighted by Crippen LogP contribution is -2.25. The van der Waals surface area contributed by atoms with Crippen molar-refractivity contribution in [3.05, 3.63) is 99.9 Å². The third-order valence-electron chi connectivity index (χ3n) is 5.52. The fourth-order valence-corrected chi connectivity index (χ4v) is 3.56. The minimum Gasteiger partial charge on any atom is -0.489 e. The maximum Gasteiger partial charge on any atom is 0.338 e. The lowest BCUT2D eigenvalue weighted by atomic mass is 10.1. The molecule has 0 radical (unpaired) electrons. The third kappa shape index (κ3) is 5.13. The van der Waals surface area contributed by atoms with E-state index in [1.54, 1.807) is 55.5 Å². The molecular formula is C27H19F5N2O4. The minimum atomic E-state index is -2.33. The van der Waals surface area contributed by atoms with E-state index < -0.39 is 46.6 Å². The number of hydrazone groups is 1. The summed E-state index contributed by atoms with van der Waals surface area (Å²) in [6, 6.07) is 13.2. The van der Waals surface area contributed by atoms with Gasteiger partial charge >= 0.3 is 5.97 Å². The highest BCUT2D eigenvalue weighted by molar-refractivity contribution is 6.32. The second kappa shape index (κ2) is 10.8. The average molecular weight is 530 g/mol. The molecule has 196 valence electrons. The quantitative estimate of drug-likeness (QED) is 0.125. The van der Waals surface area contributed by atoms with Crippen molar-refractivity contribution in [1.82, 2.24) is 0 Å². The largest absolute Gasteiger partial charge is 0.489 e. The van der Waals surface area contributed by atoms with Gasteiger partial charge in [-0.15, -0.1) is 0 Å². The molecule has 0 N–H and O–H groups in total. The summed E-state index contributed by atoms with van der Waals surface area (Å²) in [5.41, 5.74) is 0.198. The molecule has 0 saturated carbocycles. The van der Waals surface area contributed by atoms with Crippen molar-refractivity contribution < 1.29 is 41.0 Å². The van der Waals surface area contributed by atoms with Crippen molar-refractivity contribution in [2.45, 2.75) is 20.5 Å². The van der Waals surface area contributed by atoms with Gasteiger partial charge in [0.2, 0.25) is 5.82 Å². The first kappa shape index (κ1) is 26.5. The van der Waals surface area contributed by atoms with E-state index in [2.05, 4.69) is 5.10 Å². The van der Waals surface area contributed by atoms with Crippen LogP contribution in [0.2, 0.25) is 0 Å². The van der Waals surface area contributed by atoms with Crippen LogP contribution in [0.4, 0.5) is 27.6 Å². The van der Waals surface area contributed by atoms with Gasteiger partial charge in [0.1, 0.15) is 18.0 Å². The van der Waals surface area contributed by atoms with Crippen molar-refractivity contribution in [3.8, 4) is 5.75 Å². The Kier molecular flexibility index (Phi) is 7.56. The number of ether oxygens (including phenoxy) is 2. The molecule has 1 amide bonds. The minimum absolute atomic E-state index is 0.0190. The number of benzene rings is 3. The summed E-state index contributed by atoms with van der Waals surface area (Å²) in [4.78, 5) is 24.5. The van der Waals surface area contributed by atoms with Crippen LogP contribution in [0.3, 0.4) is 0 Å². The van der Waals surface area contributed by atoms with Crippen LogP contribution in [0.5, 0.6) is 5.75 Å². The third-order valence-corrected chi connectivity index (χ3v) is 5.52. The van der Waals surface area contributed by atoms with Crippen LogP contribution in [0.1, 0.15) is 35.3 Å². The van der Waals surface area contributed by atoms with Crippen molar-refractivity contribution in [1.29, 1.82) is 0 Å². The van der Waals surface area contributed by atoms with Crippen molar-refractivity contribution in [2.75, 3.05) is 11.6 Å². The number of rotatable bonds is 7. The van der Waals surface area contributed by atoms with E-state index in [0.29, 0.717) is 16.9 Å². The summed E-state index contributed by atoms with van der Waals surface area (Å²) in [5.74, 6) is -12.0. The number of amides is 1. The lowest BCUT2D eigenvalue weighted by Gasteiger charge is -2.15. The van der Waals surface area contributed by atoms with Crippen molar-refractivity contribution in [3.63, 3.8) is 0 Å². The highest BCUT2D eigenvalue weighted by Crippen LogP contribution is 2.34. The molecule has 6 nitrogen and oxygen atoms in total. The Hall–Kier alpha value is -4.54. The molecule has 1 aliphatic heterocycles. The van der Waals surface area contributed by atoms with Crippen molar-refractivity contribution in [2.24, 2.45) is 5.10 Å². The van der Waals surface area contributed by atoms with E-state index in [-0.39, 0.29) is 29.5 Å². The van der Waals surface area contributed by atoms with E-state index >= 15 is 0 Å². The Morgan fingerprint density at radius 3 is 2.05 bits per heavy atom. The maximum atomic E-state index is 14.2. The normalized spacial score (nSPS) is 14.2. The number of carbonyl (C=O) groups excluding carboxylic acids is 2. The van der Waals surface area contributed by atoms with Crippen LogP contribution in [0.15, 0.2) is 59.2 Å². The molecule has 3 aromatic rings. The van der Waals surface area contributed by atoms with E-state index in [4.69, 9.17) is 9.47 Å². The van der Waals surface area contributed by atoms with E-state index in [1.807, 2.05) is 0 Å². The summed E-state index contributed by atoms with van der Waals surface area (Å²) in [6.07, 6.45) is 1.37.